The maximum absolute atomic E-state index is 12.7. The van der Waals surface area contributed by atoms with Crippen molar-refractivity contribution in [2.24, 2.45) is 11.8 Å². The number of rotatable bonds is 3. The number of hydrogen-bond donors (Lipinski definition) is 0. The molecule has 1 aromatic heterocycles. The minimum Gasteiger partial charge on any atom is -0.339 e. The van der Waals surface area contributed by atoms with Crippen molar-refractivity contribution in [1.29, 1.82) is 0 Å². The lowest BCUT2D eigenvalue weighted by molar-refractivity contribution is 0.0681. The lowest BCUT2D eigenvalue weighted by Crippen LogP contribution is -2.38. The van der Waals surface area contributed by atoms with E-state index in [1.165, 1.54) is 6.42 Å². The summed E-state index contributed by atoms with van der Waals surface area (Å²) in [6.45, 7) is 6.28. The third-order valence-corrected chi connectivity index (χ3v) is 4.42. The van der Waals surface area contributed by atoms with E-state index in [0.29, 0.717) is 0 Å². The average Bonchev–Trinajstić information content (AvgIpc) is 2.54. The Morgan fingerprint density at radius 1 is 1.18 bits per heavy atom. The van der Waals surface area contributed by atoms with Gasteiger partial charge in [-0.25, -0.2) is 0 Å². The molecule has 1 aliphatic rings. The van der Waals surface area contributed by atoms with E-state index in [1.807, 2.05) is 23.1 Å². The van der Waals surface area contributed by atoms with E-state index in [-0.39, 0.29) is 5.91 Å². The Kier molecular flexibility index (Phi) is 4.36. The Morgan fingerprint density at radius 3 is 2.55 bits per heavy atom. The Bertz CT molecular complexity index is 660. The van der Waals surface area contributed by atoms with Crippen molar-refractivity contribution in [3.05, 3.63) is 36.2 Å². The quantitative estimate of drug-likeness (QED) is 0.870. The molecule has 22 heavy (non-hydrogen) atoms. The fraction of sp³-hybridized carbons (Fsp3) is 0.500. The van der Waals surface area contributed by atoms with Gasteiger partial charge >= 0.3 is 0 Å². The number of benzene rings is 1. The van der Waals surface area contributed by atoms with Gasteiger partial charge in [-0.1, -0.05) is 13.8 Å². The van der Waals surface area contributed by atoms with E-state index in [1.54, 1.807) is 12.4 Å². The van der Waals surface area contributed by atoms with Crippen LogP contribution < -0.4 is 0 Å². The summed E-state index contributed by atoms with van der Waals surface area (Å²) in [7, 11) is 0. The molecule has 1 saturated heterocycles. The number of piperidine rings is 1. The summed E-state index contributed by atoms with van der Waals surface area (Å²) in [5.41, 5.74) is 2.33. The first-order chi connectivity index (χ1) is 10.6. The van der Waals surface area contributed by atoms with Crippen LogP contribution in [-0.4, -0.2) is 33.9 Å². The molecule has 116 valence electrons. The number of carbonyl (C=O) groups is 1. The topological polar surface area (TPSA) is 46.1 Å². The molecule has 0 saturated carbocycles. The van der Waals surface area contributed by atoms with Crippen LogP contribution in [0.5, 0.6) is 0 Å². The predicted molar refractivity (Wildman–Crippen MR) is 87.6 cm³/mol. The van der Waals surface area contributed by atoms with Crippen molar-refractivity contribution in [2.45, 2.75) is 33.1 Å². The molecule has 1 amide bonds. The summed E-state index contributed by atoms with van der Waals surface area (Å²) in [6, 6.07) is 5.59. The maximum atomic E-state index is 12.7. The van der Waals surface area contributed by atoms with Crippen molar-refractivity contribution < 1.29 is 4.79 Å². The van der Waals surface area contributed by atoms with Crippen LogP contribution in [0.2, 0.25) is 0 Å². The number of hydrogen-bond acceptors (Lipinski definition) is 3. The highest BCUT2D eigenvalue weighted by atomic mass is 16.2. The number of nitrogens with zero attached hydrogens (tertiary/aromatic N) is 3. The zero-order valence-electron chi connectivity index (χ0n) is 13.3. The molecule has 1 aromatic carbocycles. The molecule has 2 aromatic rings. The van der Waals surface area contributed by atoms with Gasteiger partial charge in [0.25, 0.3) is 5.91 Å². The van der Waals surface area contributed by atoms with Crippen LogP contribution in [0.4, 0.5) is 0 Å². The minimum atomic E-state index is 0.121. The standard InChI is InChI=1S/C18H23N3O/c1-13(2)11-14-5-9-21(10-6-14)18(22)15-3-4-16-17(12-15)20-8-7-19-16/h3-4,7-8,12-14H,5-6,9-11H2,1-2H3. The summed E-state index contributed by atoms with van der Waals surface area (Å²) in [5.74, 6) is 1.63. The van der Waals surface area contributed by atoms with Crippen molar-refractivity contribution >= 4 is 16.9 Å². The second kappa shape index (κ2) is 6.42. The first-order valence-electron chi connectivity index (χ1n) is 8.13. The Morgan fingerprint density at radius 2 is 1.86 bits per heavy atom. The summed E-state index contributed by atoms with van der Waals surface area (Å²) in [6.07, 6.45) is 6.85. The molecule has 0 radical (unpaired) electrons. The first kappa shape index (κ1) is 14.9. The van der Waals surface area contributed by atoms with Gasteiger partial charge in [-0.3, -0.25) is 14.8 Å². The zero-order valence-corrected chi connectivity index (χ0v) is 13.3. The molecule has 3 rings (SSSR count). The molecule has 0 atom stereocenters. The van der Waals surface area contributed by atoms with E-state index in [4.69, 9.17) is 0 Å². The molecule has 0 aliphatic carbocycles. The second-order valence-electron chi connectivity index (χ2n) is 6.62. The number of carbonyl (C=O) groups excluding carboxylic acids is 1. The van der Waals surface area contributed by atoms with E-state index in [9.17, 15) is 4.79 Å². The van der Waals surface area contributed by atoms with E-state index < -0.39 is 0 Å². The Hall–Kier alpha value is -1.97. The number of fused-ring (bicyclic) bond motifs is 1. The maximum Gasteiger partial charge on any atom is 0.253 e. The molecule has 4 heteroatoms. The minimum absolute atomic E-state index is 0.121. The van der Waals surface area contributed by atoms with Gasteiger partial charge in [0.1, 0.15) is 0 Å². The van der Waals surface area contributed by atoms with Gasteiger partial charge in [0, 0.05) is 31.0 Å². The molecule has 4 nitrogen and oxygen atoms in total. The normalized spacial score (nSPS) is 16.4. The number of amides is 1. The molecule has 0 bridgehead atoms. The molecule has 0 unspecified atom stereocenters. The van der Waals surface area contributed by atoms with Crippen LogP contribution >= 0.6 is 0 Å². The van der Waals surface area contributed by atoms with E-state index in [2.05, 4.69) is 23.8 Å². The summed E-state index contributed by atoms with van der Waals surface area (Å²) in [5, 5.41) is 0. The van der Waals surface area contributed by atoms with Gasteiger partial charge in [-0.15, -0.1) is 0 Å². The molecule has 1 fully saturated rings. The van der Waals surface area contributed by atoms with E-state index in [0.717, 1.165) is 54.4 Å². The number of aromatic nitrogens is 2. The number of likely N-dealkylation sites (tertiary alicyclic amines) is 1. The van der Waals surface area contributed by atoms with E-state index >= 15 is 0 Å². The average molecular weight is 297 g/mol. The summed E-state index contributed by atoms with van der Waals surface area (Å²) in [4.78, 5) is 23.2. The zero-order chi connectivity index (χ0) is 15.5. The fourth-order valence-electron chi connectivity index (χ4n) is 3.32. The second-order valence-corrected chi connectivity index (χ2v) is 6.62. The highest BCUT2D eigenvalue weighted by Crippen LogP contribution is 2.25. The predicted octanol–water partition coefficient (Wildman–Crippen LogP) is 3.53. The molecule has 2 heterocycles. The van der Waals surface area contributed by atoms with Gasteiger partial charge in [0.2, 0.25) is 0 Å². The third-order valence-electron chi connectivity index (χ3n) is 4.42. The monoisotopic (exact) mass is 297 g/mol. The highest BCUT2D eigenvalue weighted by Gasteiger charge is 2.24. The van der Waals surface area contributed by atoms with Gasteiger partial charge in [0.05, 0.1) is 11.0 Å². The Balaban J connectivity index is 1.68. The van der Waals surface area contributed by atoms with Crippen LogP contribution in [0.25, 0.3) is 11.0 Å². The van der Waals surface area contributed by atoms with Crippen LogP contribution in [0, 0.1) is 11.8 Å². The van der Waals surface area contributed by atoms with Crippen molar-refractivity contribution in [1.82, 2.24) is 14.9 Å². The fourth-order valence-corrected chi connectivity index (χ4v) is 3.32. The van der Waals surface area contributed by atoms with Gasteiger partial charge in [-0.2, -0.15) is 0 Å². The molecular formula is C18H23N3O. The van der Waals surface area contributed by atoms with Crippen LogP contribution in [0.3, 0.4) is 0 Å². The molecular weight excluding hydrogens is 274 g/mol. The SMILES string of the molecule is CC(C)CC1CCN(C(=O)c2ccc3nccnc3c2)CC1. The van der Waals surface area contributed by atoms with Gasteiger partial charge in [-0.05, 0) is 49.3 Å². The van der Waals surface area contributed by atoms with Crippen molar-refractivity contribution in [3.63, 3.8) is 0 Å². The molecule has 1 aliphatic heterocycles. The van der Waals surface area contributed by atoms with Crippen LogP contribution in [0.15, 0.2) is 30.6 Å². The lowest BCUT2D eigenvalue weighted by atomic mass is 9.88. The first-order valence-corrected chi connectivity index (χ1v) is 8.13. The lowest BCUT2D eigenvalue weighted by Gasteiger charge is -2.32. The largest absolute Gasteiger partial charge is 0.339 e. The summed E-state index contributed by atoms with van der Waals surface area (Å²) >= 11 is 0. The highest BCUT2D eigenvalue weighted by molar-refractivity contribution is 5.97. The Labute approximate surface area is 131 Å². The molecule has 0 spiro atoms. The van der Waals surface area contributed by atoms with Crippen molar-refractivity contribution in [2.75, 3.05) is 13.1 Å². The van der Waals surface area contributed by atoms with Crippen LogP contribution in [-0.2, 0) is 0 Å². The molecule has 0 N–H and O–H groups in total. The summed E-state index contributed by atoms with van der Waals surface area (Å²) < 4.78 is 0. The van der Waals surface area contributed by atoms with Crippen molar-refractivity contribution in [3.8, 4) is 0 Å². The van der Waals surface area contributed by atoms with Gasteiger partial charge < -0.3 is 4.90 Å². The van der Waals surface area contributed by atoms with Crippen LogP contribution in [0.1, 0.15) is 43.5 Å². The smallest absolute Gasteiger partial charge is 0.253 e. The third kappa shape index (κ3) is 3.26. The van der Waals surface area contributed by atoms with Gasteiger partial charge in [0.15, 0.2) is 0 Å².